The van der Waals surface area contributed by atoms with E-state index in [1.165, 1.54) is 4.90 Å². The number of pyridine rings is 1. The smallest absolute Gasteiger partial charge is 0.425 e. The lowest BCUT2D eigenvalue weighted by Crippen LogP contribution is -2.31. The summed E-state index contributed by atoms with van der Waals surface area (Å²) in [7, 11) is 1.57. The van der Waals surface area contributed by atoms with E-state index in [1.807, 2.05) is 32.0 Å². The highest BCUT2D eigenvalue weighted by atomic mass is 35.5. The van der Waals surface area contributed by atoms with Crippen molar-refractivity contribution in [3.63, 3.8) is 0 Å². The first-order valence-electron chi connectivity index (χ1n) is 10.4. The van der Waals surface area contributed by atoms with E-state index in [0.29, 0.717) is 33.8 Å². The van der Waals surface area contributed by atoms with Crippen LogP contribution in [0.25, 0.3) is 0 Å². The molecule has 0 saturated carbocycles. The first-order valence-corrected chi connectivity index (χ1v) is 10.8. The number of aryl methyl sites for hydroxylation is 2. The minimum absolute atomic E-state index is 0.287. The number of carbonyl (C=O) groups excluding carboxylic acids is 1. The molecule has 172 valence electrons. The molecule has 0 atom stereocenters. The molecular weight excluding hydrogens is 454 g/mol. The second-order valence-corrected chi connectivity index (χ2v) is 7.74. The Labute approximate surface area is 202 Å². The van der Waals surface area contributed by atoms with Gasteiger partial charge in [-0.1, -0.05) is 29.8 Å². The van der Waals surface area contributed by atoms with Crippen molar-refractivity contribution in [2.45, 2.75) is 13.8 Å². The number of hydrogen-bond donors (Lipinski definition) is 1. The third kappa shape index (κ3) is 5.24. The summed E-state index contributed by atoms with van der Waals surface area (Å²) < 4.78 is 10.9. The van der Waals surface area contributed by atoms with Crippen LogP contribution in [0.2, 0.25) is 5.15 Å². The van der Waals surface area contributed by atoms with Crippen molar-refractivity contribution in [1.82, 2.24) is 15.0 Å². The van der Waals surface area contributed by atoms with E-state index < -0.39 is 6.09 Å². The first-order chi connectivity index (χ1) is 16.4. The van der Waals surface area contributed by atoms with E-state index in [1.54, 1.807) is 62.0 Å². The maximum absolute atomic E-state index is 13.4. The van der Waals surface area contributed by atoms with Crippen LogP contribution in [0.5, 0.6) is 11.5 Å². The second-order valence-electron chi connectivity index (χ2n) is 7.35. The topological polar surface area (TPSA) is 89.5 Å². The van der Waals surface area contributed by atoms with Crippen molar-refractivity contribution < 1.29 is 14.3 Å². The van der Waals surface area contributed by atoms with Crippen LogP contribution in [-0.4, -0.2) is 28.2 Å². The van der Waals surface area contributed by atoms with Gasteiger partial charge < -0.3 is 14.8 Å². The number of aromatic nitrogens is 3. The van der Waals surface area contributed by atoms with E-state index in [0.717, 1.165) is 11.1 Å². The normalized spacial score (nSPS) is 10.5. The van der Waals surface area contributed by atoms with Crippen molar-refractivity contribution >= 4 is 40.8 Å². The number of amides is 1. The predicted molar refractivity (Wildman–Crippen MR) is 132 cm³/mol. The third-order valence-corrected chi connectivity index (χ3v) is 5.19. The molecule has 0 unspecified atom stereocenters. The molecule has 1 N–H and O–H groups in total. The third-order valence-electron chi connectivity index (χ3n) is 4.96. The van der Waals surface area contributed by atoms with Gasteiger partial charge in [0.2, 0.25) is 5.95 Å². The number of nitrogens with zero attached hydrogens (tertiary/aromatic N) is 4. The van der Waals surface area contributed by atoms with Gasteiger partial charge in [-0.25, -0.2) is 19.7 Å². The van der Waals surface area contributed by atoms with Crippen molar-refractivity contribution in [3.05, 3.63) is 89.3 Å². The minimum atomic E-state index is -0.611. The number of rotatable bonds is 6. The highest BCUT2D eigenvalue weighted by Crippen LogP contribution is 2.32. The summed E-state index contributed by atoms with van der Waals surface area (Å²) >= 11 is 5.86. The van der Waals surface area contributed by atoms with Gasteiger partial charge in [0, 0.05) is 12.3 Å². The molecule has 1 amide bonds. The van der Waals surface area contributed by atoms with Gasteiger partial charge in [-0.05, 0) is 61.4 Å². The summed E-state index contributed by atoms with van der Waals surface area (Å²) in [5.74, 6) is 1.67. The lowest BCUT2D eigenvalue weighted by molar-refractivity contribution is 0.210. The molecule has 0 radical (unpaired) electrons. The molecule has 2 heterocycles. The van der Waals surface area contributed by atoms with Gasteiger partial charge in [-0.3, -0.25) is 0 Å². The van der Waals surface area contributed by atoms with Crippen LogP contribution in [0.1, 0.15) is 11.1 Å². The zero-order valence-electron chi connectivity index (χ0n) is 18.8. The van der Waals surface area contributed by atoms with Crippen molar-refractivity contribution in [3.8, 4) is 11.5 Å². The van der Waals surface area contributed by atoms with Crippen molar-refractivity contribution in [1.29, 1.82) is 0 Å². The van der Waals surface area contributed by atoms with Crippen LogP contribution in [-0.2, 0) is 0 Å². The summed E-state index contributed by atoms with van der Waals surface area (Å²) in [6, 6.07) is 17.6. The van der Waals surface area contributed by atoms with E-state index in [9.17, 15) is 4.79 Å². The Morgan fingerprint density at radius 3 is 2.29 bits per heavy atom. The number of halogens is 1. The van der Waals surface area contributed by atoms with Crippen LogP contribution >= 0.6 is 11.6 Å². The standard InChI is InChI=1S/C25H22ClN5O3/c1-16-5-4-6-17(2)23(16)31(25(32)34-20-10-8-19(33-3)9-11-20)22-13-14-27-24(30-22)29-18-7-12-21(26)28-15-18/h4-15H,1-3H3,(H,27,29,30). The monoisotopic (exact) mass is 475 g/mol. The number of carbonyl (C=O) groups is 1. The number of para-hydroxylation sites is 1. The van der Waals surface area contributed by atoms with Gasteiger partial charge in [0.15, 0.2) is 0 Å². The fourth-order valence-electron chi connectivity index (χ4n) is 3.36. The zero-order valence-corrected chi connectivity index (χ0v) is 19.6. The highest BCUT2D eigenvalue weighted by Gasteiger charge is 2.25. The summed E-state index contributed by atoms with van der Waals surface area (Å²) in [5, 5.41) is 3.45. The lowest BCUT2D eigenvalue weighted by atomic mass is 10.1. The predicted octanol–water partition coefficient (Wildman–Crippen LogP) is 6.23. The van der Waals surface area contributed by atoms with Gasteiger partial charge in [-0.15, -0.1) is 0 Å². The summed E-state index contributed by atoms with van der Waals surface area (Å²) in [4.78, 5) is 27.8. The van der Waals surface area contributed by atoms with Crippen LogP contribution in [0.4, 0.5) is 27.9 Å². The zero-order chi connectivity index (χ0) is 24.1. The van der Waals surface area contributed by atoms with Crippen LogP contribution in [0.3, 0.4) is 0 Å². The molecule has 4 aromatic rings. The number of hydrogen-bond acceptors (Lipinski definition) is 7. The lowest BCUT2D eigenvalue weighted by Gasteiger charge is -2.25. The van der Waals surface area contributed by atoms with Gasteiger partial charge >= 0.3 is 6.09 Å². The van der Waals surface area contributed by atoms with Gasteiger partial charge in [0.1, 0.15) is 22.5 Å². The number of ether oxygens (including phenoxy) is 2. The largest absolute Gasteiger partial charge is 0.497 e. The molecule has 0 aliphatic carbocycles. The number of anilines is 4. The fourth-order valence-corrected chi connectivity index (χ4v) is 3.47. The Kier molecular flexibility index (Phi) is 6.89. The molecule has 2 aromatic carbocycles. The van der Waals surface area contributed by atoms with Gasteiger partial charge in [-0.2, -0.15) is 4.98 Å². The highest BCUT2D eigenvalue weighted by molar-refractivity contribution is 6.29. The molecule has 2 aromatic heterocycles. The minimum Gasteiger partial charge on any atom is -0.497 e. The summed E-state index contributed by atoms with van der Waals surface area (Å²) in [5.41, 5.74) is 3.11. The molecule has 8 nitrogen and oxygen atoms in total. The number of benzene rings is 2. The van der Waals surface area contributed by atoms with Crippen LogP contribution in [0, 0.1) is 13.8 Å². The Hall–Kier alpha value is -4.17. The number of nitrogens with one attached hydrogen (secondary N) is 1. The van der Waals surface area contributed by atoms with E-state index in [4.69, 9.17) is 21.1 Å². The fraction of sp³-hybridized carbons (Fsp3) is 0.120. The Morgan fingerprint density at radius 2 is 1.65 bits per heavy atom. The maximum atomic E-state index is 13.4. The Bertz CT molecular complexity index is 1280. The Morgan fingerprint density at radius 1 is 0.941 bits per heavy atom. The average molecular weight is 476 g/mol. The average Bonchev–Trinajstić information content (AvgIpc) is 2.83. The van der Waals surface area contributed by atoms with Gasteiger partial charge in [0.05, 0.1) is 24.7 Å². The quantitative estimate of drug-likeness (QED) is 0.330. The van der Waals surface area contributed by atoms with E-state index >= 15 is 0 Å². The molecule has 34 heavy (non-hydrogen) atoms. The molecular formula is C25H22ClN5O3. The molecule has 0 fully saturated rings. The molecule has 0 aliphatic heterocycles. The molecule has 0 saturated heterocycles. The molecule has 9 heteroatoms. The summed E-state index contributed by atoms with van der Waals surface area (Å²) in [6.45, 7) is 3.85. The summed E-state index contributed by atoms with van der Waals surface area (Å²) in [6.07, 6.45) is 2.52. The SMILES string of the molecule is COc1ccc(OC(=O)N(c2ccnc(Nc3ccc(Cl)nc3)n2)c2c(C)cccc2C)cc1. The molecule has 0 aliphatic rings. The molecule has 0 bridgehead atoms. The van der Waals surface area contributed by atoms with Crippen molar-refractivity contribution in [2.24, 2.45) is 0 Å². The second kappa shape index (κ2) is 10.2. The number of methoxy groups -OCH3 is 1. The maximum Gasteiger partial charge on any atom is 0.425 e. The van der Waals surface area contributed by atoms with Gasteiger partial charge in [0.25, 0.3) is 0 Å². The molecule has 0 spiro atoms. The van der Waals surface area contributed by atoms with Crippen LogP contribution < -0.4 is 19.7 Å². The Balaban J connectivity index is 1.70. The van der Waals surface area contributed by atoms with Crippen molar-refractivity contribution in [2.75, 3.05) is 17.3 Å². The first kappa shape index (κ1) is 23.0. The van der Waals surface area contributed by atoms with Crippen LogP contribution in [0.15, 0.2) is 73.1 Å². The molecule has 4 rings (SSSR count). The van der Waals surface area contributed by atoms with E-state index in [-0.39, 0.29) is 5.95 Å². The van der Waals surface area contributed by atoms with E-state index in [2.05, 4.69) is 20.3 Å².